The van der Waals surface area contributed by atoms with Gasteiger partial charge >= 0.3 is 0 Å². The maximum Gasteiger partial charge on any atom is 0.252 e. The molecule has 2 heterocycles. The summed E-state index contributed by atoms with van der Waals surface area (Å²) in [6, 6.07) is 68.2. The molecule has 0 aliphatic carbocycles. The third-order valence-electron chi connectivity index (χ3n) is 15.8. The molecular formula is C68H65BN2. The lowest BCUT2D eigenvalue weighted by molar-refractivity contribution is 0.568. The van der Waals surface area contributed by atoms with Crippen LogP contribution in [0.5, 0.6) is 0 Å². The van der Waals surface area contributed by atoms with Gasteiger partial charge < -0.3 is 9.80 Å². The van der Waals surface area contributed by atoms with Gasteiger partial charge in [-0.1, -0.05) is 223 Å². The van der Waals surface area contributed by atoms with Crippen molar-refractivity contribution in [3.63, 3.8) is 0 Å². The van der Waals surface area contributed by atoms with Gasteiger partial charge in [0.25, 0.3) is 6.71 Å². The average Bonchev–Trinajstić information content (AvgIpc) is 3.34. The van der Waals surface area contributed by atoms with Gasteiger partial charge in [0.1, 0.15) is 0 Å². The Kier molecular flexibility index (Phi) is 9.97. The number of hydrogen-bond donors (Lipinski definition) is 0. The standard InChI is InChI=1S/C68H65BN2/c1-65(2,3)46-36-47(66(4,5)6)39-50(38-46)70-60-34-45(53-26-19-27-56-52-23-16-13-20-42(52)28-31-57(53)56)35-61-62(60)69(58-32-29-43-21-14-17-24-54(43)63(58)70)59-33-30-44-22-15-18-25-55(44)64(59)71(61)51-40-48(67(7,8)9)37-49(41-51)68(10,11)12/h13-41H,1-12H3. The summed E-state index contributed by atoms with van der Waals surface area (Å²) in [7, 11) is 0. The van der Waals surface area contributed by atoms with Crippen molar-refractivity contribution in [1.82, 2.24) is 0 Å². The topological polar surface area (TPSA) is 6.48 Å². The molecule has 10 aromatic carbocycles. The van der Waals surface area contributed by atoms with Crippen LogP contribution >= 0.6 is 0 Å². The van der Waals surface area contributed by atoms with Crippen LogP contribution in [0.4, 0.5) is 34.1 Å². The minimum atomic E-state index is -0.0808. The van der Waals surface area contributed by atoms with Crippen molar-refractivity contribution in [2.45, 2.75) is 105 Å². The molecule has 0 aromatic heterocycles. The summed E-state index contributed by atoms with van der Waals surface area (Å²) >= 11 is 0. The lowest BCUT2D eigenvalue weighted by Gasteiger charge is -2.46. The normalized spacial score (nSPS) is 13.8. The summed E-state index contributed by atoms with van der Waals surface area (Å²) < 4.78 is 0. The van der Waals surface area contributed by atoms with Crippen molar-refractivity contribution in [3.05, 3.63) is 198 Å². The second-order valence-corrected chi connectivity index (χ2v) is 24.7. The molecule has 3 heteroatoms. The van der Waals surface area contributed by atoms with Crippen LogP contribution in [-0.4, -0.2) is 6.71 Å². The molecule has 0 saturated heterocycles. The van der Waals surface area contributed by atoms with Crippen molar-refractivity contribution in [2.75, 3.05) is 9.80 Å². The second-order valence-electron chi connectivity index (χ2n) is 24.7. The fourth-order valence-corrected chi connectivity index (χ4v) is 11.7. The molecule has 0 amide bonds. The molecule has 0 N–H and O–H groups in total. The van der Waals surface area contributed by atoms with E-state index in [0.29, 0.717) is 0 Å². The molecule has 71 heavy (non-hydrogen) atoms. The Morgan fingerprint density at radius 1 is 0.324 bits per heavy atom. The molecular weight excluding hydrogens is 856 g/mol. The van der Waals surface area contributed by atoms with Crippen LogP contribution in [0.25, 0.3) is 54.2 Å². The van der Waals surface area contributed by atoms with Crippen molar-refractivity contribution >= 4 is 100 Å². The smallest absolute Gasteiger partial charge is 0.252 e. The van der Waals surface area contributed by atoms with Gasteiger partial charge in [0.2, 0.25) is 0 Å². The molecule has 0 radical (unpaired) electrons. The summed E-state index contributed by atoms with van der Waals surface area (Å²) in [5.41, 5.74) is 18.8. The Hall–Kier alpha value is -7.10. The molecule has 0 unspecified atom stereocenters. The van der Waals surface area contributed by atoms with Gasteiger partial charge in [-0.3, -0.25) is 0 Å². The Morgan fingerprint density at radius 2 is 0.704 bits per heavy atom. The molecule has 350 valence electrons. The first kappa shape index (κ1) is 45.1. The zero-order chi connectivity index (χ0) is 49.5. The van der Waals surface area contributed by atoms with E-state index in [1.807, 2.05) is 0 Å². The number of hydrogen-bond acceptors (Lipinski definition) is 2. The highest BCUT2D eigenvalue weighted by Gasteiger charge is 2.45. The molecule has 0 bridgehead atoms. The minimum absolute atomic E-state index is 0.0435. The molecule has 0 atom stereocenters. The van der Waals surface area contributed by atoms with E-state index >= 15 is 0 Å². The van der Waals surface area contributed by atoms with Crippen molar-refractivity contribution in [2.24, 2.45) is 0 Å². The first-order valence-corrected chi connectivity index (χ1v) is 25.8. The van der Waals surface area contributed by atoms with Crippen molar-refractivity contribution < 1.29 is 0 Å². The maximum atomic E-state index is 2.68. The van der Waals surface area contributed by atoms with Gasteiger partial charge in [-0.2, -0.15) is 0 Å². The molecule has 10 aromatic rings. The van der Waals surface area contributed by atoms with Crippen LogP contribution < -0.4 is 26.2 Å². The van der Waals surface area contributed by atoms with E-state index in [1.165, 1.54) is 127 Å². The predicted molar refractivity (Wildman–Crippen MR) is 311 cm³/mol. The zero-order valence-corrected chi connectivity index (χ0v) is 43.7. The summed E-state index contributed by atoms with van der Waals surface area (Å²) in [5, 5.41) is 10.1. The molecule has 12 rings (SSSR count). The van der Waals surface area contributed by atoms with E-state index in [-0.39, 0.29) is 28.4 Å². The number of anilines is 6. The summed E-state index contributed by atoms with van der Waals surface area (Å²) in [6.45, 7) is 28.3. The fourth-order valence-electron chi connectivity index (χ4n) is 11.7. The summed E-state index contributed by atoms with van der Waals surface area (Å²) in [6.07, 6.45) is 0. The van der Waals surface area contributed by atoms with Gasteiger partial charge in [-0.15, -0.1) is 0 Å². The van der Waals surface area contributed by atoms with E-state index in [2.05, 4.69) is 269 Å². The maximum absolute atomic E-state index is 2.68. The van der Waals surface area contributed by atoms with E-state index < -0.39 is 0 Å². The lowest BCUT2D eigenvalue weighted by Crippen LogP contribution is -2.61. The second kappa shape index (κ2) is 15.7. The lowest BCUT2D eigenvalue weighted by atomic mass is 9.33. The molecule has 2 aliphatic heterocycles. The molecule has 0 fully saturated rings. The highest BCUT2D eigenvalue weighted by molar-refractivity contribution is 7.00. The van der Waals surface area contributed by atoms with E-state index in [1.54, 1.807) is 0 Å². The first-order chi connectivity index (χ1) is 33.7. The van der Waals surface area contributed by atoms with Crippen LogP contribution in [-0.2, 0) is 21.7 Å². The monoisotopic (exact) mass is 921 g/mol. The number of rotatable bonds is 3. The van der Waals surface area contributed by atoms with E-state index in [4.69, 9.17) is 0 Å². The summed E-state index contributed by atoms with van der Waals surface area (Å²) in [5.74, 6) is 0. The van der Waals surface area contributed by atoms with Crippen molar-refractivity contribution in [3.8, 4) is 11.1 Å². The van der Waals surface area contributed by atoms with E-state index in [0.717, 1.165) is 0 Å². The van der Waals surface area contributed by atoms with Crippen LogP contribution in [0.1, 0.15) is 105 Å². The molecule has 0 spiro atoms. The molecule has 2 nitrogen and oxygen atoms in total. The SMILES string of the molecule is CC(C)(C)c1cc(N2c3cc(-c4cccc5c4ccc4ccccc45)cc4c3B(c3ccc5ccccc5c32)c2ccc3ccccc3c2N4c2cc(C(C)(C)C)cc(C(C)(C)C)c2)cc(C(C)(C)C)c1. The zero-order valence-electron chi connectivity index (χ0n) is 43.7. The molecule has 2 aliphatic rings. The summed E-state index contributed by atoms with van der Waals surface area (Å²) in [4.78, 5) is 5.36. The van der Waals surface area contributed by atoms with Crippen LogP contribution in [0.3, 0.4) is 0 Å². The largest absolute Gasteiger partial charge is 0.311 e. The first-order valence-electron chi connectivity index (χ1n) is 25.8. The number of nitrogens with zero attached hydrogens (tertiary/aromatic N) is 2. The fraction of sp³-hybridized carbons (Fsp3) is 0.235. The van der Waals surface area contributed by atoms with Gasteiger partial charge in [-0.25, -0.2) is 0 Å². The van der Waals surface area contributed by atoms with Gasteiger partial charge in [0.15, 0.2) is 0 Å². The Labute approximate surface area is 422 Å². The van der Waals surface area contributed by atoms with Gasteiger partial charge in [-0.05, 0) is 140 Å². The van der Waals surface area contributed by atoms with Gasteiger partial charge in [0, 0.05) is 44.9 Å². The minimum Gasteiger partial charge on any atom is -0.311 e. The highest BCUT2D eigenvalue weighted by Crippen LogP contribution is 2.51. The Morgan fingerprint density at radius 3 is 1.14 bits per heavy atom. The average molecular weight is 921 g/mol. The quantitative estimate of drug-likeness (QED) is 0.129. The van der Waals surface area contributed by atoms with Crippen LogP contribution in [0.2, 0.25) is 0 Å². The highest BCUT2D eigenvalue weighted by atomic mass is 15.2. The Balaban J connectivity index is 1.29. The Bertz CT molecular complexity index is 3580. The molecule has 0 saturated carbocycles. The van der Waals surface area contributed by atoms with Gasteiger partial charge in [0.05, 0.1) is 0 Å². The third kappa shape index (κ3) is 7.29. The number of fused-ring (bicyclic) bond motifs is 11. The van der Waals surface area contributed by atoms with Crippen molar-refractivity contribution in [1.29, 1.82) is 0 Å². The predicted octanol–water partition coefficient (Wildman–Crippen LogP) is 17.2. The van der Waals surface area contributed by atoms with Crippen LogP contribution in [0, 0.1) is 0 Å². The van der Waals surface area contributed by atoms with Crippen LogP contribution in [0.15, 0.2) is 176 Å². The third-order valence-corrected chi connectivity index (χ3v) is 15.8. The number of benzene rings is 10. The van der Waals surface area contributed by atoms with E-state index in [9.17, 15) is 0 Å².